The van der Waals surface area contributed by atoms with Gasteiger partial charge in [-0.05, 0) is 42.3 Å². The van der Waals surface area contributed by atoms with Crippen molar-refractivity contribution in [2.45, 2.75) is 13.3 Å². The highest BCUT2D eigenvalue weighted by Gasteiger charge is 2.16. The smallest absolute Gasteiger partial charge is 0.137 e. The normalized spacial score (nSPS) is 11.0. The fourth-order valence-electron chi connectivity index (χ4n) is 3.24. The number of aryl methyl sites for hydroxylation is 1. The Balaban J connectivity index is 1.88. The number of nitrogens with zero attached hydrogens (tertiary/aromatic N) is 2. The first-order valence-electron chi connectivity index (χ1n) is 8.51. The third-order valence-corrected chi connectivity index (χ3v) is 4.86. The second kappa shape index (κ2) is 6.85. The van der Waals surface area contributed by atoms with Crippen molar-refractivity contribution in [3.63, 3.8) is 0 Å². The van der Waals surface area contributed by atoms with Crippen LogP contribution in [0.3, 0.4) is 0 Å². The number of rotatable bonds is 4. The van der Waals surface area contributed by atoms with Gasteiger partial charge >= 0.3 is 0 Å². The van der Waals surface area contributed by atoms with Gasteiger partial charge in [-0.25, -0.2) is 4.98 Å². The molecule has 0 atom stereocenters. The molecule has 0 aliphatic carbocycles. The Kier molecular flexibility index (Phi) is 4.39. The number of benzene rings is 2. The molecule has 0 amide bonds. The van der Waals surface area contributed by atoms with E-state index in [2.05, 4.69) is 35.6 Å². The van der Waals surface area contributed by atoms with Crippen LogP contribution in [0, 0.1) is 6.92 Å². The van der Waals surface area contributed by atoms with Crippen LogP contribution in [0.2, 0.25) is 5.02 Å². The summed E-state index contributed by atoms with van der Waals surface area (Å²) in [4.78, 5) is 4.86. The molecule has 4 aromatic rings. The minimum absolute atomic E-state index is 0.696. The SMILES string of the molecule is COc1ccc(Cc2c(-c3ccccc3)nc3ccc(Cl)cn23)c(C)c1. The summed E-state index contributed by atoms with van der Waals surface area (Å²) in [7, 11) is 1.69. The number of hydrogen-bond acceptors (Lipinski definition) is 2. The second-order valence-electron chi connectivity index (χ2n) is 6.32. The van der Waals surface area contributed by atoms with Crippen LogP contribution >= 0.6 is 11.6 Å². The maximum atomic E-state index is 6.25. The largest absolute Gasteiger partial charge is 0.497 e. The number of fused-ring (bicyclic) bond motifs is 1. The minimum Gasteiger partial charge on any atom is -0.497 e. The van der Waals surface area contributed by atoms with E-state index in [9.17, 15) is 0 Å². The van der Waals surface area contributed by atoms with E-state index in [1.54, 1.807) is 7.11 Å². The van der Waals surface area contributed by atoms with E-state index >= 15 is 0 Å². The molecule has 0 N–H and O–H groups in total. The number of ether oxygens (including phenoxy) is 1. The van der Waals surface area contributed by atoms with Crippen LogP contribution in [-0.2, 0) is 6.42 Å². The van der Waals surface area contributed by atoms with Crippen molar-refractivity contribution < 1.29 is 4.74 Å². The van der Waals surface area contributed by atoms with Gasteiger partial charge in [-0.2, -0.15) is 0 Å². The van der Waals surface area contributed by atoms with Crippen LogP contribution in [0.5, 0.6) is 5.75 Å². The molecule has 26 heavy (non-hydrogen) atoms. The van der Waals surface area contributed by atoms with E-state index in [4.69, 9.17) is 21.3 Å². The first-order valence-corrected chi connectivity index (χ1v) is 8.89. The van der Waals surface area contributed by atoms with Gasteiger partial charge in [0.1, 0.15) is 11.4 Å². The summed E-state index contributed by atoms with van der Waals surface area (Å²) in [6.07, 6.45) is 2.70. The predicted molar refractivity (Wildman–Crippen MR) is 106 cm³/mol. The molecule has 4 rings (SSSR count). The lowest BCUT2D eigenvalue weighted by Crippen LogP contribution is -1.99. The van der Waals surface area contributed by atoms with Crippen molar-refractivity contribution in [3.8, 4) is 17.0 Å². The fraction of sp³-hybridized carbons (Fsp3) is 0.136. The molecule has 0 saturated heterocycles. The van der Waals surface area contributed by atoms with E-state index in [0.29, 0.717) is 5.02 Å². The van der Waals surface area contributed by atoms with Crippen LogP contribution in [-0.4, -0.2) is 16.5 Å². The summed E-state index contributed by atoms with van der Waals surface area (Å²) >= 11 is 6.25. The standard InChI is InChI=1S/C22H19ClN2O/c1-15-12-19(26-2)10-8-17(15)13-20-22(16-6-4-3-5-7-16)24-21-11-9-18(23)14-25(20)21/h3-12,14H,13H2,1-2H3. The summed E-state index contributed by atoms with van der Waals surface area (Å²) in [5.74, 6) is 0.871. The van der Waals surface area contributed by atoms with Crippen LogP contribution in [0.25, 0.3) is 16.9 Å². The molecule has 0 spiro atoms. The Morgan fingerprint density at radius 3 is 2.58 bits per heavy atom. The highest BCUT2D eigenvalue weighted by molar-refractivity contribution is 6.30. The van der Waals surface area contributed by atoms with Crippen LogP contribution in [0.1, 0.15) is 16.8 Å². The zero-order chi connectivity index (χ0) is 18.1. The van der Waals surface area contributed by atoms with Gasteiger partial charge in [0.25, 0.3) is 0 Å². The van der Waals surface area contributed by atoms with Crippen molar-refractivity contribution >= 4 is 17.2 Å². The Morgan fingerprint density at radius 1 is 1.04 bits per heavy atom. The van der Waals surface area contributed by atoms with Gasteiger partial charge in [-0.3, -0.25) is 0 Å². The number of aromatic nitrogens is 2. The average molecular weight is 363 g/mol. The summed E-state index contributed by atoms with van der Waals surface area (Å²) in [5.41, 5.74) is 6.55. The van der Waals surface area contributed by atoms with E-state index in [-0.39, 0.29) is 0 Å². The quantitative estimate of drug-likeness (QED) is 0.475. The van der Waals surface area contributed by atoms with Crippen molar-refractivity contribution in [3.05, 3.63) is 88.7 Å². The lowest BCUT2D eigenvalue weighted by Gasteiger charge is -2.10. The third kappa shape index (κ3) is 3.06. The predicted octanol–water partition coefficient (Wildman–Crippen LogP) is 5.56. The molecule has 3 nitrogen and oxygen atoms in total. The topological polar surface area (TPSA) is 26.5 Å². The van der Waals surface area contributed by atoms with Crippen LogP contribution < -0.4 is 4.74 Å². The Hall–Kier alpha value is -2.78. The van der Waals surface area contributed by atoms with Crippen molar-refractivity contribution in [1.29, 1.82) is 0 Å². The molecular weight excluding hydrogens is 344 g/mol. The first kappa shape index (κ1) is 16.7. The molecule has 2 aromatic carbocycles. The molecular formula is C22H19ClN2O. The molecule has 0 radical (unpaired) electrons. The van der Waals surface area contributed by atoms with Gasteiger partial charge in [-0.1, -0.05) is 48.0 Å². The van der Waals surface area contributed by atoms with E-state index in [1.807, 2.05) is 42.6 Å². The van der Waals surface area contributed by atoms with Crippen LogP contribution in [0.4, 0.5) is 0 Å². The summed E-state index contributed by atoms with van der Waals surface area (Å²) in [6, 6.07) is 20.3. The van der Waals surface area contributed by atoms with Crippen molar-refractivity contribution in [2.24, 2.45) is 0 Å². The van der Waals surface area contributed by atoms with Gasteiger partial charge in [0.2, 0.25) is 0 Å². The molecule has 0 saturated carbocycles. The Bertz CT molecular complexity index is 1070. The molecule has 130 valence electrons. The summed E-state index contributed by atoms with van der Waals surface area (Å²) in [5, 5.41) is 0.696. The number of hydrogen-bond donors (Lipinski definition) is 0. The Labute approximate surface area is 157 Å². The maximum absolute atomic E-state index is 6.25. The van der Waals surface area contributed by atoms with Gasteiger partial charge in [0, 0.05) is 18.2 Å². The molecule has 2 heterocycles. The highest BCUT2D eigenvalue weighted by Crippen LogP contribution is 2.29. The monoisotopic (exact) mass is 362 g/mol. The molecule has 2 aromatic heterocycles. The third-order valence-electron chi connectivity index (χ3n) is 4.64. The number of pyridine rings is 1. The van der Waals surface area contributed by atoms with Gasteiger partial charge in [0.05, 0.1) is 23.5 Å². The molecule has 0 aliphatic rings. The number of methoxy groups -OCH3 is 1. The highest BCUT2D eigenvalue weighted by atomic mass is 35.5. The maximum Gasteiger partial charge on any atom is 0.137 e. The average Bonchev–Trinajstić information content (AvgIpc) is 3.02. The second-order valence-corrected chi connectivity index (χ2v) is 6.75. The first-order chi connectivity index (χ1) is 12.7. The molecule has 0 unspecified atom stereocenters. The van der Waals surface area contributed by atoms with Gasteiger partial charge in [-0.15, -0.1) is 0 Å². The summed E-state index contributed by atoms with van der Waals surface area (Å²) < 4.78 is 7.42. The van der Waals surface area contributed by atoms with Crippen molar-refractivity contribution in [2.75, 3.05) is 7.11 Å². The number of halogens is 1. The van der Waals surface area contributed by atoms with E-state index in [1.165, 1.54) is 11.1 Å². The lowest BCUT2D eigenvalue weighted by atomic mass is 10.0. The van der Waals surface area contributed by atoms with E-state index < -0.39 is 0 Å². The molecule has 4 heteroatoms. The van der Waals surface area contributed by atoms with Gasteiger partial charge in [0.15, 0.2) is 0 Å². The molecule has 0 fully saturated rings. The fourth-order valence-corrected chi connectivity index (χ4v) is 3.40. The van der Waals surface area contributed by atoms with Gasteiger partial charge < -0.3 is 9.14 Å². The Morgan fingerprint density at radius 2 is 1.85 bits per heavy atom. The zero-order valence-electron chi connectivity index (χ0n) is 14.7. The van der Waals surface area contributed by atoms with E-state index in [0.717, 1.165) is 34.8 Å². The zero-order valence-corrected chi connectivity index (χ0v) is 15.5. The number of imidazole rings is 1. The van der Waals surface area contributed by atoms with Crippen molar-refractivity contribution in [1.82, 2.24) is 9.38 Å². The summed E-state index contributed by atoms with van der Waals surface area (Å²) in [6.45, 7) is 2.11. The minimum atomic E-state index is 0.696. The molecule has 0 aliphatic heterocycles. The lowest BCUT2D eigenvalue weighted by molar-refractivity contribution is 0.414. The molecule has 0 bridgehead atoms. The van der Waals surface area contributed by atoms with Crippen LogP contribution in [0.15, 0.2) is 66.9 Å².